The van der Waals surface area contributed by atoms with Crippen LogP contribution in [0.3, 0.4) is 0 Å². The van der Waals surface area contributed by atoms with Crippen molar-refractivity contribution >= 4 is 39.5 Å². The minimum atomic E-state index is -1.92. The van der Waals surface area contributed by atoms with E-state index in [1.54, 1.807) is 13.3 Å². The van der Waals surface area contributed by atoms with E-state index in [-0.39, 0.29) is 24.4 Å². The van der Waals surface area contributed by atoms with E-state index >= 15 is 0 Å². The van der Waals surface area contributed by atoms with Crippen LogP contribution in [0.1, 0.15) is 6.92 Å². The van der Waals surface area contributed by atoms with E-state index in [0.717, 1.165) is 0 Å². The second-order valence-electron chi connectivity index (χ2n) is 11.5. The number of nitrogens with zero attached hydrogens (tertiary/aromatic N) is 1. The van der Waals surface area contributed by atoms with Crippen molar-refractivity contribution in [2.75, 3.05) is 7.11 Å². The van der Waals surface area contributed by atoms with Gasteiger partial charge < -0.3 is 22.5 Å². The Morgan fingerprint density at radius 1 is 0.586 bits per heavy atom. The normalized spacial score (nSPS) is 18.6. The fourth-order valence-electron chi connectivity index (χ4n) is 2.90. The summed E-state index contributed by atoms with van der Waals surface area (Å²) in [5, 5.41) is 4.05. The maximum absolute atomic E-state index is 6.71. The first-order valence-corrected chi connectivity index (χ1v) is 24.2. The summed E-state index contributed by atoms with van der Waals surface area (Å²) < 4.78 is 26.4. The molecule has 0 aromatic rings. The average molecular weight is 482 g/mol. The lowest BCUT2D eigenvalue weighted by atomic mass is 10.1. The number of hydrogen-bond donors (Lipinski definition) is 0. The molecule has 29 heavy (non-hydrogen) atoms. The van der Waals surface area contributed by atoms with Gasteiger partial charge in [0.1, 0.15) is 19.3 Å². The molecule has 0 aliphatic rings. The molecule has 10 heteroatoms. The Kier molecular flexibility index (Phi) is 11.2. The van der Waals surface area contributed by atoms with Gasteiger partial charge in [0.15, 0.2) is 33.3 Å². The molecule has 0 heterocycles. The third kappa shape index (κ3) is 14.8. The van der Waals surface area contributed by atoms with Gasteiger partial charge in [-0.05, 0) is 85.5 Å². The summed E-state index contributed by atoms with van der Waals surface area (Å²) in [6.07, 6.45) is 0.696. The van der Waals surface area contributed by atoms with Gasteiger partial charge in [0, 0.05) is 0 Å². The van der Waals surface area contributed by atoms with Crippen molar-refractivity contribution in [3.63, 3.8) is 0 Å². The molecule has 0 bridgehead atoms. The number of rotatable bonds is 13. The maximum Gasteiger partial charge on any atom is 0.184 e. The molecule has 0 saturated heterocycles. The fourth-order valence-corrected chi connectivity index (χ4v) is 7.39. The van der Waals surface area contributed by atoms with Crippen LogP contribution < -0.4 is 0 Å². The maximum atomic E-state index is 6.71. The molecule has 174 valence electrons. The summed E-state index contributed by atoms with van der Waals surface area (Å²) in [4.78, 5) is 4.99. The van der Waals surface area contributed by atoms with Crippen molar-refractivity contribution in [3.8, 4) is 0 Å². The van der Waals surface area contributed by atoms with Crippen molar-refractivity contribution in [1.82, 2.24) is 0 Å². The van der Waals surface area contributed by atoms with Crippen LogP contribution in [0.4, 0.5) is 0 Å². The molecule has 0 unspecified atom stereocenters. The predicted octanol–water partition coefficient (Wildman–Crippen LogP) is 5.52. The minimum absolute atomic E-state index is 0.113. The summed E-state index contributed by atoms with van der Waals surface area (Å²) >= 11 is 0. The third-order valence-corrected chi connectivity index (χ3v) is 7.45. The van der Waals surface area contributed by atoms with E-state index in [4.69, 9.17) is 22.5 Å². The molecule has 0 spiro atoms. The molecule has 0 radical (unpaired) electrons. The first kappa shape index (κ1) is 29.2. The Morgan fingerprint density at radius 2 is 0.966 bits per heavy atom. The van der Waals surface area contributed by atoms with Crippen molar-refractivity contribution in [2.24, 2.45) is 5.16 Å². The zero-order valence-corrected chi connectivity index (χ0v) is 25.4. The standard InChI is InChI=1S/C19H47NO5Si4/c1-16(22-26(3,4)5)18(24-28(9,10)11)19(25-29(12,13)14)17(15-20-21-2)23-27(6,7)8/h15-19H,1-14H3/t16-,17+,18+,19-/m1/s1. The highest BCUT2D eigenvalue weighted by Gasteiger charge is 2.42. The van der Waals surface area contributed by atoms with Crippen LogP contribution in [-0.2, 0) is 22.5 Å². The Morgan fingerprint density at radius 3 is 1.31 bits per heavy atom. The van der Waals surface area contributed by atoms with Gasteiger partial charge in [-0.2, -0.15) is 0 Å². The topological polar surface area (TPSA) is 58.5 Å². The average Bonchev–Trinajstić information content (AvgIpc) is 2.42. The quantitative estimate of drug-likeness (QED) is 0.197. The monoisotopic (exact) mass is 481 g/mol. The molecule has 0 N–H and O–H groups in total. The SMILES string of the molecule is CON=C[C@H](O[Si](C)(C)C)[C@@H](O[Si](C)(C)C)[C@@H](O[Si](C)(C)C)[C@@H](C)O[Si](C)(C)C. The van der Waals surface area contributed by atoms with Crippen LogP contribution >= 0.6 is 0 Å². The molecule has 0 amide bonds. The lowest BCUT2D eigenvalue weighted by Gasteiger charge is -2.43. The largest absolute Gasteiger partial charge is 0.412 e. The van der Waals surface area contributed by atoms with Gasteiger partial charge in [-0.25, -0.2) is 0 Å². The van der Waals surface area contributed by atoms with E-state index in [1.165, 1.54) is 0 Å². The molecule has 0 aliphatic heterocycles. The Labute approximate surface area is 184 Å². The molecule has 0 fully saturated rings. The summed E-state index contributed by atoms with van der Waals surface area (Å²) in [5.74, 6) is 0. The summed E-state index contributed by atoms with van der Waals surface area (Å²) in [6, 6.07) is 0. The van der Waals surface area contributed by atoms with E-state index in [9.17, 15) is 0 Å². The molecule has 0 aliphatic carbocycles. The van der Waals surface area contributed by atoms with Crippen LogP contribution in [0.25, 0.3) is 0 Å². The molecule has 6 nitrogen and oxygen atoms in total. The second kappa shape index (κ2) is 11.2. The lowest BCUT2D eigenvalue weighted by molar-refractivity contribution is -0.0560. The molecule has 0 saturated carbocycles. The van der Waals surface area contributed by atoms with Crippen LogP contribution in [0.2, 0.25) is 78.6 Å². The van der Waals surface area contributed by atoms with Crippen LogP contribution in [-0.4, -0.2) is 71.0 Å². The highest BCUT2D eigenvalue weighted by molar-refractivity contribution is 6.71. The van der Waals surface area contributed by atoms with Crippen molar-refractivity contribution < 1.29 is 22.5 Å². The minimum Gasteiger partial charge on any atom is -0.412 e. The highest BCUT2D eigenvalue weighted by Crippen LogP contribution is 2.27. The first-order valence-electron chi connectivity index (χ1n) is 10.5. The van der Waals surface area contributed by atoms with Gasteiger partial charge in [0.25, 0.3) is 0 Å². The fraction of sp³-hybridized carbons (Fsp3) is 0.947. The van der Waals surface area contributed by atoms with Crippen LogP contribution in [0.5, 0.6) is 0 Å². The van der Waals surface area contributed by atoms with E-state index < -0.39 is 33.3 Å². The van der Waals surface area contributed by atoms with Crippen molar-refractivity contribution in [2.45, 2.75) is 110 Å². The Hall–Kier alpha value is 0.178. The first-order chi connectivity index (χ1) is 12.7. The van der Waals surface area contributed by atoms with Gasteiger partial charge >= 0.3 is 0 Å². The molecule has 0 aromatic heterocycles. The molecule has 0 rings (SSSR count). The van der Waals surface area contributed by atoms with Crippen molar-refractivity contribution in [1.29, 1.82) is 0 Å². The zero-order chi connectivity index (χ0) is 23.3. The smallest absolute Gasteiger partial charge is 0.184 e. The Balaban J connectivity index is 6.26. The summed E-state index contributed by atoms with van der Waals surface area (Å²) in [6.45, 7) is 28.4. The van der Waals surface area contributed by atoms with Gasteiger partial charge in [-0.3, -0.25) is 0 Å². The summed E-state index contributed by atoms with van der Waals surface area (Å²) in [5.41, 5.74) is 0. The molecular weight excluding hydrogens is 435 g/mol. The second-order valence-corrected chi connectivity index (χ2v) is 29.3. The van der Waals surface area contributed by atoms with E-state index in [1.807, 2.05) is 0 Å². The predicted molar refractivity (Wildman–Crippen MR) is 134 cm³/mol. The van der Waals surface area contributed by atoms with E-state index in [2.05, 4.69) is 90.6 Å². The van der Waals surface area contributed by atoms with Crippen LogP contribution in [0, 0.1) is 0 Å². The zero-order valence-electron chi connectivity index (χ0n) is 21.4. The van der Waals surface area contributed by atoms with Gasteiger partial charge in [-0.15, -0.1) is 0 Å². The van der Waals surface area contributed by atoms with Crippen LogP contribution in [0.15, 0.2) is 5.16 Å². The Bertz CT molecular complexity index is 507. The van der Waals surface area contributed by atoms with Gasteiger partial charge in [0.2, 0.25) is 0 Å². The number of hydrogen-bond acceptors (Lipinski definition) is 6. The highest BCUT2D eigenvalue weighted by atomic mass is 28.4. The van der Waals surface area contributed by atoms with Gasteiger partial charge in [0.05, 0.1) is 18.4 Å². The summed E-state index contributed by atoms with van der Waals surface area (Å²) in [7, 11) is -5.90. The molecule has 0 aromatic carbocycles. The number of oxime groups is 1. The molecular formula is C19H47NO5Si4. The van der Waals surface area contributed by atoms with E-state index in [0.29, 0.717) is 0 Å². The lowest BCUT2D eigenvalue weighted by Crippen LogP contribution is -2.58. The third-order valence-electron chi connectivity index (χ3n) is 3.43. The van der Waals surface area contributed by atoms with Gasteiger partial charge in [-0.1, -0.05) is 5.16 Å². The molecule has 4 atom stereocenters. The van der Waals surface area contributed by atoms with Crippen molar-refractivity contribution in [3.05, 3.63) is 0 Å².